The lowest BCUT2D eigenvalue weighted by Gasteiger charge is -2.23. The maximum atomic E-state index is 13.4. The Morgan fingerprint density at radius 3 is 2.61 bits per heavy atom. The van der Waals surface area contributed by atoms with Crippen molar-refractivity contribution < 1.29 is 22.9 Å². The fourth-order valence-corrected chi connectivity index (χ4v) is 5.12. The van der Waals surface area contributed by atoms with E-state index in [1.807, 2.05) is 0 Å². The van der Waals surface area contributed by atoms with E-state index in [2.05, 4.69) is 15.5 Å². The number of nitro benzene ring substituents is 1. The summed E-state index contributed by atoms with van der Waals surface area (Å²) in [5.74, 6) is -0.171. The molecule has 1 heterocycles. The molecule has 38 heavy (non-hydrogen) atoms. The van der Waals surface area contributed by atoms with Gasteiger partial charge >= 0.3 is 0 Å². The number of rotatable bonds is 9. The van der Waals surface area contributed by atoms with Crippen molar-refractivity contribution in [2.45, 2.75) is 4.90 Å². The Balaban J connectivity index is 1.58. The average molecular weight is 554 g/mol. The van der Waals surface area contributed by atoms with Crippen molar-refractivity contribution in [1.29, 1.82) is 0 Å². The Morgan fingerprint density at radius 2 is 1.89 bits per heavy atom. The summed E-state index contributed by atoms with van der Waals surface area (Å²) in [6.45, 7) is -0.695. The Labute approximate surface area is 222 Å². The van der Waals surface area contributed by atoms with Gasteiger partial charge in [0.25, 0.3) is 21.6 Å². The number of hydrogen-bond acceptors (Lipinski definition) is 8. The second-order valence-corrected chi connectivity index (χ2v) is 10.0. The van der Waals surface area contributed by atoms with Crippen molar-refractivity contribution >= 4 is 56.0 Å². The number of nitrogens with one attached hydrogen (secondary N) is 1. The minimum atomic E-state index is -4.25. The standard InChI is InChI=1S/C25H20ClN5O6S/c1-37-21-11-10-17-12-18(25(26)28-23(17)14-21)15-27-29-24(32)16-30(19-6-5-7-20(13-19)31(33)34)38(35,36)22-8-3-2-4-9-22/h2-15H,16H2,1H3,(H,29,32)/b27-15-. The SMILES string of the molecule is COc1ccc2cc(/C=N\NC(=O)CN(c3cccc([N+](=O)[O-])c3)S(=O)(=O)c3ccccc3)c(Cl)nc2c1. The molecule has 0 fully saturated rings. The van der Waals surface area contributed by atoms with Crippen LogP contribution < -0.4 is 14.5 Å². The molecule has 11 nitrogen and oxygen atoms in total. The molecule has 4 rings (SSSR count). The quantitative estimate of drug-likeness (QED) is 0.142. The number of amides is 1. The third-order valence-corrected chi connectivity index (χ3v) is 7.44. The van der Waals surface area contributed by atoms with Gasteiger partial charge in [-0.3, -0.25) is 19.2 Å². The predicted molar refractivity (Wildman–Crippen MR) is 143 cm³/mol. The molecule has 0 aliphatic heterocycles. The van der Waals surface area contributed by atoms with E-state index in [1.165, 1.54) is 55.8 Å². The van der Waals surface area contributed by atoms with Crippen LogP contribution in [0.4, 0.5) is 11.4 Å². The topological polar surface area (TPSA) is 144 Å². The Bertz CT molecular complexity index is 1650. The van der Waals surface area contributed by atoms with Crippen LogP contribution in [0.15, 0.2) is 88.9 Å². The van der Waals surface area contributed by atoms with Crippen molar-refractivity contribution in [3.8, 4) is 5.75 Å². The molecule has 0 aliphatic carbocycles. The van der Waals surface area contributed by atoms with Crippen molar-refractivity contribution in [1.82, 2.24) is 10.4 Å². The van der Waals surface area contributed by atoms with E-state index in [0.717, 1.165) is 15.8 Å². The number of sulfonamides is 1. The van der Waals surface area contributed by atoms with Crippen molar-refractivity contribution in [2.24, 2.45) is 5.10 Å². The van der Waals surface area contributed by atoms with Crippen LogP contribution in [0.1, 0.15) is 5.56 Å². The zero-order chi connectivity index (χ0) is 27.3. The van der Waals surface area contributed by atoms with Gasteiger partial charge in [-0.05, 0) is 36.4 Å². The van der Waals surface area contributed by atoms with E-state index in [-0.39, 0.29) is 21.4 Å². The summed E-state index contributed by atoms with van der Waals surface area (Å²) in [6, 6.07) is 19.4. The number of benzene rings is 3. The number of ether oxygens (including phenoxy) is 1. The van der Waals surface area contributed by atoms with Crippen LogP contribution >= 0.6 is 11.6 Å². The van der Waals surface area contributed by atoms with Gasteiger partial charge in [0.15, 0.2) is 0 Å². The molecule has 0 bridgehead atoms. The third kappa shape index (κ3) is 5.88. The second kappa shape index (κ2) is 11.2. The summed E-state index contributed by atoms with van der Waals surface area (Å²) in [7, 11) is -2.71. The first kappa shape index (κ1) is 26.5. The summed E-state index contributed by atoms with van der Waals surface area (Å²) in [4.78, 5) is 27.6. The maximum absolute atomic E-state index is 13.4. The van der Waals surface area contributed by atoms with Gasteiger partial charge in [0, 0.05) is 29.1 Å². The first-order valence-electron chi connectivity index (χ1n) is 11.0. The molecule has 4 aromatic rings. The minimum absolute atomic E-state index is 0.0561. The highest BCUT2D eigenvalue weighted by atomic mass is 35.5. The number of fused-ring (bicyclic) bond motifs is 1. The molecule has 1 amide bonds. The fourth-order valence-electron chi connectivity index (χ4n) is 3.49. The number of hydrogen-bond donors (Lipinski definition) is 1. The van der Waals surface area contributed by atoms with Gasteiger partial charge in [0.05, 0.1) is 34.3 Å². The number of nitrogens with zero attached hydrogens (tertiary/aromatic N) is 4. The average Bonchev–Trinajstić information content (AvgIpc) is 2.92. The third-order valence-electron chi connectivity index (χ3n) is 5.35. The van der Waals surface area contributed by atoms with Crippen molar-refractivity contribution in [3.05, 3.63) is 99.7 Å². The van der Waals surface area contributed by atoms with Crippen LogP contribution in [0.3, 0.4) is 0 Å². The smallest absolute Gasteiger partial charge is 0.271 e. The zero-order valence-electron chi connectivity index (χ0n) is 19.8. The predicted octanol–water partition coefficient (Wildman–Crippen LogP) is 4.15. The largest absolute Gasteiger partial charge is 0.497 e. The normalized spacial score (nSPS) is 11.4. The van der Waals surface area contributed by atoms with Crippen LogP contribution in [0.5, 0.6) is 5.75 Å². The van der Waals surface area contributed by atoms with Crippen LogP contribution in [0.25, 0.3) is 10.9 Å². The van der Waals surface area contributed by atoms with Gasteiger partial charge in [-0.25, -0.2) is 18.8 Å². The van der Waals surface area contributed by atoms with E-state index in [1.54, 1.807) is 30.3 Å². The maximum Gasteiger partial charge on any atom is 0.271 e. The number of non-ortho nitro benzene ring substituents is 1. The lowest BCUT2D eigenvalue weighted by atomic mass is 10.1. The molecule has 0 unspecified atom stereocenters. The number of aromatic nitrogens is 1. The molecule has 0 radical (unpaired) electrons. The Hall–Kier alpha value is -4.55. The number of pyridine rings is 1. The first-order chi connectivity index (χ1) is 18.2. The zero-order valence-corrected chi connectivity index (χ0v) is 21.4. The van der Waals surface area contributed by atoms with Crippen molar-refractivity contribution in [2.75, 3.05) is 18.0 Å². The number of carbonyl (C=O) groups excluding carboxylic acids is 1. The molecular formula is C25H20ClN5O6S. The molecule has 3 aromatic carbocycles. The number of halogens is 1. The molecular weight excluding hydrogens is 534 g/mol. The Morgan fingerprint density at radius 1 is 1.13 bits per heavy atom. The summed E-state index contributed by atoms with van der Waals surface area (Å²) < 4.78 is 32.7. The number of methoxy groups -OCH3 is 1. The van der Waals surface area contributed by atoms with Gasteiger partial charge in [0.2, 0.25) is 0 Å². The molecule has 194 valence electrons. The van der Waals surface area contributed by atoms with Crippen LogP contribution in [0.2, 0.25) is 5.15 Å². The van der Waals surface area contributed by atoms with E-state index in [9.17, 15) is 23.3 Å². The molecule has 1 N–H and O–H groups in total. The fraction of sp³-hybridized carbons (Fsp3) is 0.0800. The van der Waals surface area contributed by atoms with E-state index < -0.39 is 27.4 Å². The Kier molecular flexibility index (Phi) is 7.84. The minimum Gasteiger partial charge on any atom is -0.497 e. The molecule has 0 spiro atoms. The van der Waals surface area contributed by atoms with Gasteiger partial charge in [-0.1, -0.05) is 35.9 Å². The molecule has 0 saturated heterocycles. The van der Waals surface area contributed by atoms with Crippen molar-refractivity contribution in [3.63, 3.8) is 0 Å². The molecule has 0 saturated carbocycles. The number of hydrazone groups is 1. The van der Waals surface area contributed by atoms with Gasteiger partial charge in [-0.15, -0.1) is 0 Å². The molecule has 0 aliphatic rings. The molecule has 13 heteroatoms. The van der Waals surface area contributed by atoms with Crippen LogP contribution in [-0.4, -0.2) is 44.1 Å². The second-order valence-electron chi connectivity index (χ2n) is 7.82. The molecule has 0 atom stereocenters. The lowest BCUT2D eigenvalue weighted by molar-refractivity contribution is -0.384. The number of anilines is 1. The number of nitro groups is 1. The summed E-state index contributed by atoms with van der Waals surface area (Å²) in [5.41, 5.74) is 2.91. The monoisotopic (exact) mass is 553 g/mol. The highest BCUT2D eigenvalue weighted by Crippen LogP contribution is 2.27. The summed E-state index contributed by atoms with van der Waals surface area (Å²) in [5, 5.41) is 16.0. The van der Waals surface area contributed by atoms with Crippen LogP contribution in [0, 0.1) is 10.1 Å². The van der Waals surface area contributed by atoms with Gasteiger partial charge < -0.3 is 4.74 Å². The van der Waals surface area contributed by atoms with Gasteiger partial charge in [0.1, 0.15) is 17.4 Å². The first-order valence-corrected chi connectivity index (χ1v) is 12.8. The van der Waals surface area contributed by atoms with Gasteiger partial charge in [-0.2, -0.15) is 5.10 Å². The van der Waals surface area contributed by atoms with E-state index in [4.69, 9.17) is 16.3 Å². The van der Waals surface area contributed by atoms with E-state index in [0.29, 0.717) is 16.8 Å². The molecule has 1 aromatic heterocycles. The highest BCUT2D eigenvalue weighted by molar-refractivity contribution is 7.92. The lowest BCUT2D eigenvalue weighted by Crippen LogP contribution is -2.39. The summed E-state index contributed by atoms with van der Waals surface area (Å²) in [6.07, 6.45) is 1.28. The highest BCUT2D eigenvalue weighted by Gasteiger charge is 2.28. The summed E-state index contributed by atoms with van der Waals surface area (Å²) >= 11 is 6.25. The number of carbonyl (C=O) groups is 1. The van der Waals surface area contributed by atoms with E-state index >= 15 is 0 Å². The van der Waals surface area contributed by atoms with Crippen LogP contribution in [-0.2, 0) is 14.8 Å².